The fraction of sp³-hybridized carbons (Fsp3) is 0.952. The number of aliphatic hydroxyl groups is 2. The predicted molar refractivity (Wildman–Crippen MR) is 322 cm³/mol. The van der Waals surface area contributed by atoms with E-state index in [0.29, 0.717) is 13.2 Å². The zero-order valence-corrected chi connectivity index (χ0v) is 71.7. The van der Waals surface area contributed by atoms with Gasteiger partial charge in [-0.3, -0.25) is 14.6 Å². The van der Waals surface area contributed by atoms with Gasteiger partial charge in [-0.2, -0.15) is 0 Å². The van der Waals surface area contributed by atoms with Crippen LogP contribution in [0, 0.1) is 0 Å². The average Bonchev–Trinajstić information content (AvgIpc) is 3.04. The van der Waals surface area contributed by atoms with Crippen molar-refractivity contribution < 1.29 is 188 Å². The van der Waals surface area contributed by atoms with Gasteiger partial charge in [0.15, 0.2) is 16.6 Å². The molecule has 0 heterocycles. The average molecular weight is 1360 g/mol. The first-order chi connectivity index (χ1) is 33.2. The number of carboxylic acid groups (broad SMARTS) is 2. The summed E-state index contributed by atoms with van der Waals surface area (Å²) in [7, 11) is -28.9. The molecule has 0 bridgehead atoms. The van der Waals surface area contributed by atoms with E-state index in [1.54, 1.807) is 19.0 Å². The van der Waals surface area contributed by atoms with E-state index in [-0.39, 0.29) is 142 Å². The Hall–Kier alpha value is 4.14. The van der Waals surface area contributed by atoms with Crippen molar-refractivity contribution in [3.05, 3.63) is 0 Å². The Morgan fingerprint density at radius 1 is 0.403 bits per heavy atom. The molecule has 2 atom stereocenters. The van der Waals surface area contributed by atoms with E-state index >= 15 is 0 Å². The summed E-state index contributed by atoms with van der Waals surface area (Å²) in [6.07, 6.45) is -0.0303. The molecule has 35 heteroatoms. The van der Waals surface area contributed by atoms with Crippen molar-refractivity contribution in [1.82, 2.24) is 9.80 Å². The first-order valence-electron chi connectivity index (χ1n) is 26.2. The van der Waals surface area contributed by atoms with E-state index in [2.05, 4.69) is 52.4 Å². The zero-order valence-electron chi connectivity index (χ0n) is 53.4. The van der Waals surface area contributed by atoms with Crippen LogP contribution in [0.1, 0.15) is 12.8 Å². The van der Waals surface area contributed by atoms with Crippen LogP contribution in [0.25, 0.3) is 0 Å². The third kappa shape index (κ3) is 45.1. The number of carbonyl (C=O) groups excluding carboxylic acids is 1. The number of rotatable bonds is 42. The van der Waals surface area contributed by atoms with Crippen LogP contribution in [0.4, 0.5) is 0 Å². The molecule has 0 fully saturated rings. The number of hydrogen-bond donors (Lipinski definition) is 3. The van der Waals surface area contributed by atoms with Crippen LogP contribution in [0.2, 0.25) is 169 Å². The third-order valence-electron chi connectivity index (χ3n) is 10.1. The van der Waals surface area contributed by atoms with Gasteiger partial charge in [0.05, 0.1) is 37.9 Å². The van der Waals surface area contributed by atoms with Crippen molar-refractivity contribution in [2.24, 2.45) is 0 Å². The van der Waals surface area contributed by atoms with Crippen LogP contribution in [0.15, 0.2) is 0 Å². The second-order valence-corrected chi connectivity index (χ2v) is 70.5. The second-order valence-electron chi connectivity index (χ2n) is 25.5. The standard InChI is InChI=1S/C42H108N2O19Si12.2K/c1-43(35-41(47)48)33-39(45)37-51-29-27-31-64(3,4)53-66(7,8)55-68(11,12)57-70(15,16)59-72(19,20)61-74(23,24)63-75(25,26)62-73(21,22)60-71(17,18)58-69(13,14)56-67(9,10)54-65(5,6)32-28-30-52-38-40(46)34-44(2)36-42(49)50;;/h39-40,45-46H,27-38H2,1-26H3,(H,47,48)(H,49,50);;/q;2*+1/p-1. The fourth-order valence-electron chi connectivity index (χ4n) is 10.0. The molecule has 0 aliphatic heterocycles. The molecule has 77 heavy (non-hydrogen) atoms. The molecule has 0 aromatic heterocycles. The molecule has 448 valence electrons. The van der Waals surface area contributed by atoms with Gasteiger partial charge in [-0.05, 0) is 196 Å². The van der Waals surface area contributed by atoms with Gasteiger partial charge in [0.2, 0.25) is 0 Å². The maximum atomic E-state index is 10.9. The van der Waals surface area contributed by atoms with Gasteiger partial charge in [-0.25, -0.2) is 0 Å². The molecule has 0 aliphatic carbocycles. The smallest absolute Gasteiger partial charge is 0.549 e. The van der Waals surface area contributed by atoms with Gasteiger partial charge in [0, 0.05) is 32.8 Å². The van der Waals surface area contributed by atoms with Crippen LogP contribution in [0.3, 0.4) is 0 Å². The number of nitrogens with zero attached hydrogens (tertiary/aromatic N) is 2. The van der Waals surface area contributed by atoms with E-state index in [0.717, 1.165) is 24.9 Å². The van der Waals surface area contributed by atoms with Crippen molar-refractivity contribution in [3.63, 3.8) is 0 Å². The SMILES string of the molecule is CN(CC(=O)[O-])CC(O)COCCC[Si](C)(C)O[Si](C)(C)O[Si](C)(C)O[Si](C)(C)O[Si](C)(C)O[Si](C)(C)O[Si](C)(C)O[Si](C)(C)O[Si](C)(C)O[Si](C)(C)O[Si](C)(C)O[Si](C)(C)CCCOCC(O)CN(C)CC(=O)O.[K+].[K+]. The Kier molecular flexibility index (Phi) is 39.2. The summed E-state index contributed by atoms with van der Waals surface area (Å²) in [5, 5.41) is 40.2. The molecular weight excluding hydrogens is 1250 g/mol. The number of aliphatic hydroxyl groups excluding tert-OH is 2. The Morgan fingerprint density at radius 2 is 0.610 bits per heavy atom. The maximum Gasteiger partial charge on any atom is 1.00 e. The summed E-state index contributed by atoms with van der Waals surface area (Å²) in [4.78, 5) is 24.7. The quantitative estimate of drug-likeness (QED) is 0.0567. The zero-order chi connectivity index (χ0) is 59.1. The van der Waals surface area contributed by atoms with Crippen molar-refractivity contribution in [3.8, 4) is 0 Å². The molecule has 0 spiro atoms. The minimum Gasteiger partial charge on any atom is -0.549 e. The Balaban J connectivity index is -0.0000274. The van der Waals surface area contributed by atoms with Crippen LogP contribution in [-0.4, -0.2) is 218 Å². The molecular formula is C42H107K2N2O19Si12+. The minimum atomic E-state index is -2.84. The number of ether oxygens (including phenoxy) is 2. The van der Waals surface area contributed by atoms with Crippen LogP contribution < -0.4 is 108 Å². The van der Waals surface area contributed by atoms with Crippen LogP contribution in [-0.2, 0) is 64.3 Å². The van der Waals surface area contributed by atoms with Crippen molar-refractivity contribution in [2.75, 3.05) is 66.7 Å². The number of carboxylic acids is 2. The molecule has 0 radical (unpaired) electrons. The molecule has 0 saturated heterocycles. The molecule has 2 unspecified atom stereocenters. The predicted octanol–water partition coefficient (Wildman–Crippen LogP) is 0.838. The third-order valence-corrected chi connectivity index (χ3v) is 56.9. The van der Waals surface area contributed by atoms with Crippen LogP contribution in [0.5, 0.6) is 0 Å². The number of carbonyl (C=O) groups is 2. The molecule has 0 rings (SSSR count). The van der Waals surface area contributed by atoms with Crippen molar-refractivity contribution in [2.45, 2.75) is 194 Å². The molecule has 0 aliphatic rings. The summed E-state index contributed by atoms with van der Waals surface area (Å²) in [6, 6.07) is 1.69. The van der Waals surface area contributed by atoms with Gasteiger partial charge in [0.1, 0.15) is 0 Å². The first-order valence-corrected chi connectivity index (χ1v) is 60.6. The molecule has 0 aromatic carbocycles. The number of aliphatic carboxylic acids is 2. The summed E-state index contributed by atoms with van der Waals surface area (Å²) in [5.41, 5.74) is 0. The minimum absolute atomic E-state index is 0. The Bertz CT molecular complexity index is 1630. The van der Waals surface area contributed by atoms with E-state index in [1.807, 2.05) is 105 Å². The van der Waals surface area contributed by atoms with Crippen LogP contribution >= 0.6 is 0 Å². The van der Waals surface area contributed by atoms with Gasteiger partial charge in [-0.15, -0.1) is 0 Å². The first kappa shape index (κ1) is 85.3. The van der Waals surface area contributed by atoms with Gasteiger partial charge >= 0.3 is 194 Å². The molecule has 3 N–H and O–H groups in total. The number of hydrogen-bond acceptors (Lipinski definition) is 20. The van der Waals surface area contributed by atoms with E-state index < -0.39 is 126 Å². The topological polar surface area (TPSA) is 244 Å². The Morgan fingerprint density at radius 3 is 0.818 bits per heavy atom. The second kappa shape index (κ2) is 35.4. The molecule has 0 aromatic rings. The summed E-state index contributed by atoms with van der Waals surface area (Å²) >= 11 is 0. The van der Waals surface area contributed by atoms with Crippen molar-refractivity contribution in [1.29, 1.82) is 0 Å². The van der Waals surface area contributed by atoms with E-state index in [9.17, 15) is 24.9 Å². The largest absolute Gasteiger partial charge is 1.00 e. The van der Waals surface area contributed by atoms with E-state index in [4.69, 9.17) is 59.8 Å². The maximum absolute atomic E-state index is 10.9. The van der Waals surface area contributed by atoms with Gasteiger partial charge in [-0.1, -0.05) is 0 Å². The number of likely N-dealkylation sites (N-methyl/N-ethyl adjacent to an activating group) is 2. The normalized spacial score (nSPS) is 15.1. The van der Waals surface area contributed by atoms with Gasteiger partial charge < -0.3 is 80.0 Å². The summed E-state index contributed by atoms with van der Waals surface area (Å²) < 4.78 is 86.6. The summed E-state index contributed by atoms with van der Waals surface area (Å²) in [5.74, 6) is -2.13. The van der Waals surface area contributed by atoms with Gasteiger partial charge in [0.25, 0.3) is 0 Å². The monoisotopic (exact) mass is 1360 g/mol. The molecule has 21 nitrogen and oxygen atoms in total. The fourth-order valence-corrected chi connectivity index (χ4v) is 71.5. The molecule has 0 saturated carbocycles. The summed E-state index contributed by atoms with van der Waals surface area (Å²) in [6.45, 7) is 50.7. The van der Waals surface area contributed by atoms with E-state index in [1.165, 1.54) is 4.90 Å². The van der Waals surface area contributed by atoms with Crippen molar-refractivity contribution >= 4 is 114 Å². The molecule has 0 amide bonds. The Labute approximate surface area is 564 Å².